The van der Waals surface area contributed by atoms with Crippen molar-refractivity contribution in [1.29, 1.82) is 0 Å². The lowest BCUT2D eigenvalue weighted by atomic mass is 9.93. The fourth-order valence-electron chi connectivity index (χ4n) is 2.32. The normalized spacial score (nSPS) is 24.8. The summed E-state index contributed by atoms with van der Waals surface area (Å²) in [6, 6.07) is 2.10. The van der Waals surface area contributed by atoms with Gasteiger partial charge in [0.15, 0.2) is 0 Å². The smallest absolute Gasteiger partial charge is 0.135 e. The lowest BCUT2D eigenvalue weighted by Crippen LogP contribution is -2.29. The Labute approximate surface area is 98.0 Å². The molecule has 2 rings (SSSR count). The molecule has 0 spiro atoms. The van der Waals surface area contributed by atoms with Gasteiger partial charge in [0.25, 0.3) is 0 Å². The van der Waals surface area contributed by atoms with Gasteiger partial charge in [0.1, 0.15) is 11.9 Å². The van der Waals surface area contributed by atoms with E-state index in [1.807, 2.05) is 0 Å². The highest BCUT2D eigenvalue weighted by Gasteiger charge is 2.31. The molecule has 0 saturated carbocycles. The largest absolute Gasteiger partial charge is 0.466 e. The monoisotopic (exact) mass is 222 g/mol. The second kappa shape index (κ2) is 5.05. The Bertz CT molecular complexity index is 327. The van der Waals surface area contributed by atoms with Gasteiger partial charge in [0.2, 0.25) is 0 Å². The van der Waals surface area contributed by atoms with E-state index < -0.39 is 0 Å². The summed E-state index contributed by atoms with van der Waals surface area (Å²) in [6.07, 6.45) is 6.85. The van der Waals surface area contributed by atoms with Crippen molar-refractivity contribution < 1.29 is 9.15 Å². The number of hydrogen-bond donors (Lipinski definition) is 0. The Morgan fingerprint density at radius 1 is 1.44 bits per heavy atom. The van der Waals surface area contributed by atoms with E-state index in [0.717, 1.165) is 18.6 Å². The zero-order chi connectivity index (χ0) is 11.5. The van der Waals surface area contributed by atoms with Gasteiger partial charge in [-0.1, -0.05) is 33.6 Å². The summed E-state index contributed by atoms with van der Waals surface area (Å²) in [6.45, 7) is 6.67. The average molecular weight is 222 g/mol. The summed E-state index contributed by atoms with van der Waals surface area (Å²) < 4.78 is 11.7. The first kappa shape index (κ1) is 11.7. The highest BCUT2D eigenvalue weighted by molar-refractivity contribution is 5.22. The predicted molar refractivity (Wildman–Crippen MR) is 64.4 cm³/mol. The first-order valence-electron chi connectivity index (χ1n) is 6.44. The molecule has 1 aromatic rings. The molecule has 2 heteroatoms. The molecule has 0 radical (unpaired) electrons. The van der Waals surface area contributed by atoms with Gasteiger partial charge in [-0.25, -0.2) is 0 Å². The van der Waals surface area contributed by atoms with Crippen LogP contribution in [-0.2, 0) is 11.2 Å². The molecule has 1 aliphatic rings. The Morgan fingerprint density at radius 2 is 2.25 bits per heavy atom. The van der Waals surface area contributed by atoms with Crippen molar-refractivity contribution in [3.8, 4) is 0 Å². The molecule has 0 aliphatic carbocycles. The molecule has 0 bridgehead atoms. The number of furan rings is 1. The van der Waals surface area contributed by atoms with Crippen LogP contribution in [-0.4, -0.2) is 6.10 Å². The van der Waals surface area contributed by atoms with E-state index in [1.165, 1.54) is 18.4 Å². The number of fused-ring (bicyclic) bond motifs is 1. The molecule has 2 nitrogen and oxygen atoms in total. The van der Waals surface area contributed by atoms with Crippen molar-refractivity contribution in [1.82, 2.24) is 0 Å². The van der Waals surface area contributed by atoms with Crippen molar-refractivity contribution in [3.63, 3.8) is 0 Å². The number of unbranched alkanes of at least 4 members (excludes halogenated alkanes) is 1. The minimum absolute atomic E-state index is 0.186. The van der Waals surface area contributed by atoms with Crippen LogP contribution in [0.15, 0.2) is 16.7 Å². The summed E-state index contributed by atoms with van der Waals surface area (Å²) in [5.41, 5.74) is 1.35. The van der Waals surface area contributed by atoms with Gasteiger partial charge in [-0.15, -0.1) is 0 Å². The van der Waals surface area contributed by atoms with Gasteiger partial charge >= 0.3 is 0 Å². The average Bonchev–Trinajstić information content (AvgIpc) is 2.73. The van der Waals surface area contributed by atoms with Crippen molar-refractivity contribution in [2.24, 2.45) is 5.92 Å². The summed E-state index contributed by atoms with van der Waals surface area (Å²) >= 11 is 0. The molecule has 0 unspecified atom stereocenters. The molecule has 90 valence electrons. The minimum Gasteiger partial charge on any atom is -0.466 e. The van der Waals surface area contributed by atoms with Crippen molar-refractivity contribution in [2.75, 3.05) is 0 Å². The Hall–Kier alpha value is -0.760. The maximum Gasteiger partial charge on any atom is 0.135 e. The minimum atomic E-state index is 0.186. The third-order valence-electron chi connectivity index (χ3n) is 3.40. The van der Waals surface area contributed by atoms with Crippen LogP contribution in [0.2, 0.25) is 0 Å². The van der Waals surface area contributed by atoms with Crippen LogP contribution < -0.4 is 0 Å². The predicted octanol–water partition coefficient (Wildman–Crippen LogP) is 4.11. The van der Waals surface area contributed by atoms with E-state index >= 15 is 0 Å². The van der Waals surface area contributed by atoms with Crippen LogP contribution in [0.3, 0.4) is 0 Å². The highest BCUT2D eigenvalue weighted by atomic mass is 16.5. The van der Waals surface area contributed by atoms with Crippen LogP contribution in [0.5, 0.6) is 0 Å². The summed E-state index contributed by atoms with van der Waals surface area (Å²) in [4.78, 5) is 0. The topological polar surface area (TPSA) is 22.4 Å². The zero-order valence-corrected chi connectivity index (χ0v) is 10.5. The van der Waals surface area contributed by atoms with E-state index in [4.69, 9.17) is 9.15 Å². The van der Waals surface area contributed by atoms with Gasteiger partial charge in [-0.2, -0.15) is 0 Å². The second-order valence-electron chi connectivity index (χ2n) is 5.06. The molecule has 0 saturated heterocycles. The Morgan fingerprint density at radius 3 is 2.94 bits per heavy atom. The molecular formula is C14H22O2. The van der Waals surface area contributed by atoms with Crippen LogP contribution in [0.1, 0.15) is 57.5 Å². The van der Waals surface area contributed by atoms with Crippen LogP contribution in [0.25, 0.3) is 0 Å². The molecule has 0 N–H and O–H groups in total. The lowest BCUT2D eigenvalue weighted by molar-refractivity contribution is -0.0631. The number of rotatable bonds is 4. The Balaban J connectivity index is 2.12. The second-order valence-corrected chi connectivity index (χ2v) is 5.06. The Kier molecular flexibility index (Phi) is 3.70. The summed E-state index contributed by atoms with van der Waals surface area (Å²) in [5.74, 6) is 1.65. The van der Waals surface area contributed by atoms with Gasteiger partial charge in [0.05, 0.1) is 12.4 Å². The van der Waals surface area contributed by atoms with E-state index in [-0.39, 0.29) is 6.10 Å². The molecule has 1 aromatic heterocycles. The molecule has 0 aromatic carbocycles. The lowest BCUT2D eigenvalue weighted by Gasteiger charge is -2.31. The summed E-state index contributed by atoms with van der Waals surface area (Å²) in [5, 5.41) is 0. The zero-order valence-electron chi connectivity index (χ0n) is 10.5. The number of ether oxygens (including phenoxy) is 1. The molecule has 1 aliphatic heterocycles. The molecule has 2 atom stereocenters. The van der Waals surface area contributed by atoms with E-state index in [2.05, 4.69) is 26.8 Å². The first-order valence-corrected chi connectivity index (χ1v) is 6.44. The molecule has 0 amide bonds. The van der Waals surface area contributed by atoms with E-state index in [1.54, 1.807) is 6.26 Å². The first-order chi connectivity index (χ1) is 7.72. The standard InChI is InChI=1S/C14H22O2/c1-4-5-6-12-14-11(7-8-15-14)9-13(16-12)10(2)3/h7-8,10,12-13H,4-6,9H2,1-3H3/t12-,13-/m0/s1. The van der Waals surface area contributed by atoms with Gasteiger partial charge in [0, 0.05) is 6.42 Å². The fraction of sp³-hybridized carbons (Fsp3) is 0.714. The van der Waals surface area contributed by atoms with Crippen molar-refractivity contribution >= 4 is 0 Å². The third-order valence-corrected chi connectivity index (χ3v) is 3.40. The maximum atomic E-state index is 6.14. The van der Waals surface area contributed by atoms with Crippen molar-refractivity contribution in [2.45, 2.75) is 58.7 Å². The molecule has 2 heterocycles. The van der Waals surface area contributed by atoms with Crippen molar-refractivity contribution in [3.05, 3.63) is 23.7 Å². The van der Waals surface area contributed by atoms with Gasteiger partial charge < -0.3 is 9.15 Å². The third kappa shape index (κ3) is 2.32. The van der Waals surface area contributed by atoms with E-state index in [0.29, 0.717) is 12.0 Å². The molecule has 0 fully saturated rings. The van der Waals surface area contributed by atoms with Crippen LogP contribution >= 0.6 is 0 Å². The fourth-order valence-corrected chi connectivity index (χ4v) is 2.32. The van der Waals surface area contributed by atoms with E-state index in [9.17, 15) is 0 Å². The maximum absolute atomic E-state index is 6.14. The SMILES string of the molecule is CCCC[C@@H]1O[C@H](C(C)C)Cc2ccoc21. The van der Waals surface area contributed by atoms with Crippen LogP contribution in [0.4, 0.5) is 0 Å². The quantitative estimate of drug-likeness (QED) is 0.765. The summed E-state index contributed by atoms with van der Waals surface area (Å²) in [7, 11) is 0. The van der Waals surface area contributed by atoms with Gasteiger partial charge in [-0.05, 0) is 24.0 Å². The molecular weight excluding hydrogens is 200 g/mol. The van der Waals surface area contributed by atoms with Gasteiger partial charge in [-0.3, -0.25) is 0 Å². The molecule has 16 heavy (non-hydrogen) atoms. The highest BCUT2D eigenvalue weighted by Crippen LogP contribution is 2.36. The number of hydrogen-bond acceptors (Lipinski definition) is 2. The van der Waals surface area contributed by atoms with Crippen LogP contribution in [0, 0.1) is 5.92 Å².